The number of imide groups is 1. The van der Waals surface area contributed by atoms with Gasteiger partial charge < -0.3 is 19.9 Å². The first-order chi connectivity index (χ1) is 14.6. The molecule has 31 heavy (non-hydrogen) atoms. The average molecular weight is 471 g/mol. The molecule has 0 aromatic heterocycles. The lowest BCUT2D eigenvalue weighted by atomic mass is 9.87. The van der Waals surface area contributed by atoms with Crippen LogP contribution in [0.3, 0.4) is 0 Å². The summed E-state index contributed by atoms with van der Waals surface area (Å²) in [4.78, 5) is 41.3. The number of benzene rings is 1. The monoisotopic (exact) mass is 470 g/mol. The van der Waals surface area contributed by atoms with Crippen molar-refractivity contribution in [2.45, 2.75) is 44.8 Å². The van der Waals surface area contributed by atoms with E-state index in [4.69, 9.17) is 27.9 Å². The Labute approximate surface area is 192 Å². The minimum atomic E-state index is -1.24. The van der Waals surface area contributed by atoms with Gasteiger partial charge in [0.2, 0.25) is 5.91 Å². The number of anilines is 1. The first kappa shape index (κ1) is 23.6. The molecule has 3 rings (SSSR count). The van der Waals surface area contributed by atoms with Gasteiger partial charge in [0.15, 0.2) is 0 Å². The number of hydrogen-bond acceptors (Lipinski definition) is 5. The number of methoxy groups -OCH3 is 1. The van der Waals surface area contributed by atoms with Crippen molar-refractivity contribution in [3.05, 3.63) is 28.2 Å². The van der Waals surface area contributed by atoms with Crippen LogP contribution in [-0.4, -0.2) is 67.2 Å². The molecule has 1 aromatic carbocycles. The molecular weight excluding hydrogens is 443 g/mol. The lowest BCUT2D eigenvalue weighted by Crippen LogP contribution is -2.60. The quantitative estimate of drug-likeness (QED) is 0.623. The van der Waals surface area contributed by atoms with Gasteiger partial charge in [0.05, 0.1) is 6.61 Å². The van der Waals surface area contributed by atoms with Gasteiger partial charge in [-0.05, 0) is 38.5 Å². The molecule has 3 unspecified atom stereocenters. The van der Waals surface area contributed by atoms with Gasteiger partial charge in [-0.1, -0.05) is 30.1 Å². The molecular formula is C21H28Cl2N4O4. The van der Waals surface area contributed by atoms with Crippen molar-refractivity contribution < 1.29 is 19.1 Å². The van der Waals surface area contributed by atoms with Crippen LogP contribution >= 0.6 is 23.2 Å². The van der Waals surface area contributed by atoms with Gasteiger partial charge in [-0.25, -0.2) is 4.79 Å². The lowest BCUT2D eigenvalue weighted by molar-refractivity contribution is -0.138. The van der Waals surface area contributed by atoms with Crippen LogP contribution in [0.1, 0.15) is 27.2 Å². The minimum Gasteiger partial charge on any atom is -0.382 e. The van der Waals surface area contributed by atoms with E-state index in [-0.39, 0.29) is 31.0 Å². The maximum atomic E-state index is 13.2. The Morgan fingerprint density at radius 3 is 2.26 bits per heavy atom. The Bertz CT molecular complexity index is 851. The Kier molecular flexibility index (Phi) is 7.03. The Morgan fingerprint density at radius 1 is 1.19 bits per heavy atom. The summed E-state index contributed by atoms with van der Waals surface area (Å²) in [5, 5.41) is 6.00. The number of hydrogen-bond donors (Lipinski definition) is 2. The summed E-state index contributed by atoms with van der Waals surface area (Å²) in [5.74, 6) is -1.01. The highest BCUT2D eigenvalue weighted by Crippen LogP contribution is 2.31. The summed E-state index contributed by atoms with van der Waals surface area (Å²) >= 11 is 12.4. The molecule has 2 fully saturated rings. The SMILES string of the molecule is COCC1(CC(C)C(=O)N2CC(C)N(c3cc(Cl)cc(Cl)c3)[C@H](C)C2)NC(=O)NC1=O. The largest absolute Gasteiger partial charge is 0.382 e. The van der Waals surface area contributed by atoms with Gasteiger partial charge in [0.25, 0.3) is 5.91 Å². The lowest BCUT2D eigenvalue weighted by Gasteiger charge is -2.46. The summed E-state index contributed by atoms with van der Waals surface area (Å²) in [6.45, 7) is 6.91. The highest BCUT2D eigenvalue weighted by atomic mass is 35.5. The second-order valence-corrected chi connectivity index (χ2v) is 9.38. The van der Waals surface area contributed by atoms with E-state index in [1.807, 2.05) is 30.9 Å². The second-order valence-electron chi connectivity index (χ2n) is 8.50. The molecule has 0 bridgehead atoms. The van der Waals surface area contributed by atoms with E-state index in [2.05, 4.69) is 15.5 Å². The van der Waals surface area contributed by atoms with E-state index in [1.54, 1.807) is 13.0 Å². The Hall–Kier alpha value is -2.03. The molecule has 2 N–H and O–H groups in total. The molecule has 0 saturated carbocycles. The maximum Gasteiger partial charge on any atom is 0.322 e. The molecule has 2 heterocycles. The van der Waals surface area contributed by atoms with Gasteiger partial charge in [-0.2, -0.15) is 0 Å². The summed E-state index contributed by atoms with van der Waals surface area (Å²) < 4.78 is 5.16. The van der Waals surface area contributed by atoms with Crippen molar-refractivity contribution in [3.8, 4) is 0 Å². The summed E-state index contributed by atoms with van der Waals surface area (Å²) in [5.41, 5.74) is -0.320. The van der Waals surface area contributed by atoms with Gasteiger partial charge >= 0.3 is 6.03 Å². The van der Waals surface area contributed by atoms with Crippen LogP contribution < -0.4 is 15.5 Å². The Balaban J connectivity index is 1.71. The molecule has 2 aliphatic rings. The molecule has 0 aliphatic carbocycles. The maximum absolute atomic E-state index is 13.2. The molecule has 10 heteroatoms. The van der Waals surface area contributed by atoms with E-state index < -0.39 is 23.4 Å². The normalized spacial score (nSPS) is 27.2. The van der Waals surface area contributed by atoms with Crippen molar-refractivity contribution >= 4 is 46.7 Å². The zero-order chi connectivity index (χ0) is 22.9. The van der Waals surface area contributed by atoms with Crippen molar-refractivity contribution in [1.82, 2.24) is 15.5 Å². The van der Waals surface area contributed by atoms with Crippen LogP contribution in [0.5, 0.6) is 0 Å². The van der Waals surface area contributed by atoms with Crippen LogP contribution in [0.15, 0.2) is 18.2 Å². The predicted molar refractivity (Wildman–Crippen MR) is 120 cm³/mol. The smallest absolute Gasteiger partial charge is 0.322 e. The number of piperazine rings is 1. The highest BCUT2D eigenvalue weighted by molar-refractivity contribution is 6.35. The van der Waals surface area contributed by atoms with E-state index in [9.17, 15) is 14.4 Å². The highest BCUT2D eigenvalue weighted by Gasteiger charge is 2.48. The van der Waals surface area contributed by atoms with E-state index >= 15 is 0 Å². The first-order valence-electron chi connectivity index (χ1n) is 10.2. The van der Waals surface area contributed by atoms with Crippen LogP contribution in [-0.2, 0) is 14.3 Å². The third-order valence-electron chi connectivity index (χ3n) is 5.86. The Morgan fingerprint density at radius 2 is 1.77 bits per heavy atom. The number of nitrogens with zero attached hydrogens (tertiary/aromatic N) is 2. The zero-order valence-corrected chi connectivity index (χ0v) is 19.6. The number of carbonyl (C=O) groups excluding carboxylic acids is 3. The number of halogens is 2. The van der Waals surface area contributed by atoms with E-state index in [1.165, 1.54) is 7.11 Å². The van der Waals surface area contributed by atoms with Crippen LogP contribution in [0, 0.1) is 5.92 Å². The molecule has 1 aromatic rings. The molecule has 0 spiro atoms. The topological polar surface area (TPSA) is 91.0 Å². The minimum absolute atomic E-state index is 0.00168. The number of ether oxygens (including phenoxy) is 1. The third kappa shape index (κ3) is 4.91. The number of nitrogens with one attached hydrogen (secondary N) is 2. The van der Waals surface area contributed by atoms with E-state index in [0.717, 1.165) is 5.69 Å². The molecule has 2 aliphatic heterocycles. The zero-order valence-electron chi connectivity index (χ0n) is 18.1. The summed E-state index contributed by atoms with van der Waals surface area (Å²) in [6.07, 6.45) is 0.157. The number of carbonyl (C=O) groups is 3. The molecule has 4 atom stereocenters. The number of amides is 4. The van der Waals surface area contributed by atoms with Crippen molar-refractivity contribution in [2.24, 2.45) is 5.92 Å². The third-order valence-corrected chi connectivity index (χ3v) is 6.29. The van der Waals surface area contributed by atoms with Gasteiger partial charge in [-0.15, -0.1) is 0 Å². The number of rotatable bonds is 6. The molecule has 8 nitrogen and oxygen atoms in total. The van der Waals surface area contributed by atoms with Crippen LogP contribution in [0.2, 0.25) is 10.0 Å². The van der Waals surface area contributed by atoms with Gasteiger partial charge in [-0.3, -0.25) is 14.9 Å². The number of urea groups is 1. The molecule has 170 valence electrons. The second kappa shape index (κ2) is 9.22. The molecule has 0 radical (unpaired) electrons. The standard InChI is InChI=1S/C21H28Cl2N4O4/c1-12(8-21(11-31-4)19(29)24-20(30)25-21)18(28)26-9-13(2)27(14(3)10-26)17-6-15(22)5-16(23)7-17/h5-7,12-14H,8-11H2,1-4H3,(H2,24,25,29,30)/t12?,13-,14?,21?/m1/s1. The average Bonchev–Trinajstić information content (AvgIpc) is 2.92. The van der Waals surface area contributed by atoms with Gasteiger partial charge in [0, 0.05) is 53.9 Å². The van der Waals surface area contributed by atoms with E-state index in [0.29, 0.717) is 23.1 Å². The fourth-order valence-electron chi connectivity index (χ4n) is 4.70. The summed E-state index contributed by atoms with van der Waals surface area (Å²) in [6, 6.07) is 4.94. The predicted octanol–water partition coefficient (Wildman–Crippen LogP) is 2.67. The molecule has 4 amide bonds. The van der Waals surface area contributed by atoms with Gasteiger partial charge in [0.1, 0.15) is 5.54 Å². The summed E-state index contributed by atoms with van der Waals surface area (Å²) in [7, 11) is 1.46. The fourth-order valence-corrected chi connectivity index (χ4v) is 5.22. The van der Waals surface area contributed by atoms with Crippen molar-refractivity contribution in [3.63, 3.8) is 0 Å². The molecule has 2 saturated heterocycles. The van der Waals surface area contributed by atoms with Crippen molar-refractivity contribution in [2.75, 3.05) is 31.7 Å². The first-order valence-corrected chi connectivity index (χ1v) is 11.0. The van der Waals surface area contributed by atoms with Crippen LogP contribution in [0.25, 0.3) is 0 Å². The van der Waals surface area contributed by atoms with Crippen molar-refractivity contribution in [1.29, 1.82) is 0 Å². The fraction of sp³-hybridized carbons (Fsp3) is 0.571. The van der Waals surface area contributed by atoms with Crippen LogP contribution in [0.4, 0.5) is 10.5 Å².